The molecule has 0 atom stereocenters. The number of rotatable bonds is 1. The molecule has 0 amide bonds. The molecule has 0 fully saturated rings. The van der Waals surface area contributed by atoms with Crippen LogP contribution >= 0.6 is 15.9 Å². The molecular formula is C14H13BrN2O. The van der Waals surface area contributed by atoms with E-state index in [9.17, 15) is 0 Å². The molecule has 0 saturated heterocycles. The zero-order valence-corrected chi connectivity index (χ0v) is 12.1. The molecule has 3 aromatic rings. The molecule has 0 N–H and O–H groups in total. The van der Waals surface area contributed by atoms with Crippen LogP contribution in [0.5, 0.6) is 0 Å². The predicted octanol–water partition coefficient (Wildman–Crippen LogP) is 4.31. The SMILES string of the molecule is Cc1cc(Br)c2onc(-n3c(C)ccc3C)c2c1. The maximum Gasteiger partial charge on any atom is 0.188 e. The van der Waals surface area contributed by atoms with Crippen LogP contribution in [0.2, 0.25) is 0 Å². The van der Waals surface area contributed by atoms with Crippen LogP contribution in [0.15, 0.2) is 33.3 Å². The van der Waals surface area contributed by atoms with E-state index in [1.807, 2.05) is 6.07 Å². The number of benzene rings is 1. The molecule has 2 aromatic heterocycles. The van der Waals surface area contributed by atoms with Crippen molar-refractivity contribution in [2.75, 3.05) is 0 Å². The number of aromatic nitrogens is 2. The molecule has 0 aliphatic carbocycles. The lowest BCUT2D eigenvalue weighted by molar-refractivity contribution is 0.450. The summed E-state index contributed by atoms with van der Waals surface area (Å²) in [5.41, 5.74) is 4.28. The molecule has 3 rings (SSSR count). The molecule has 92 valence electrons. The third-order valence-electron chi connectivity index (χ3n) is 3.14. The molecule has 0 spiro atoms. The van der Waals surface area contributed by atoms with Crippen molar-refractivity contribution < 1.29 is 4.52 Å². The van der Waals surface area contributed by atoms with Crippen LogP contribution in [-0.4, -0.2) is 9.72 Å². The van der Waals surface area contributed by atoms with E-state index in [0.717, 1.165) is 32.6 Å². The standard InChI is InChI=1S/C14H13BrN2O/c1-8-6-11-13(12(15)7-8)18-16-14(11)17-9(2)4-5-10(17)3/h4-7H,1-3H3. The van der Waals surface area contributed by atoms with E-state index in [2.05, 4.69) is 64.6 Å². The summed E-state index contributed by atoms with van der Waals surface area (Å²) in [7, 11) is 0. The van der Waals surface area contributed by atoms with Crippen molar-refractivity contribution in [3.63, 3.8) is 0 Å². The number of aryl methyl sites for hydroxylation is 3. The maximum absolute atomic E-state index is 5.45. The third-order valence-corrected chi connectivity index (χ3v) is 3.72. The molecule has 1 aromatic carbocycles. The van der Waals surface area contributed by atoms with Crippen LogP contribution in [0.25, 0.3) is 16.8 Å². The summed E-state index contributed by atoms with van der Waals surface area (Å²) in [5, 5.41) is 5.25. The second-order valence-corrected chi connectivity index (χ2v) is 5.44. The van der Waals surface area contributed by atoms with Crippen LogP contribution in [0.3, 0.4) is 0 Å². The minimum absolute atomic E-state index is 0.795. The zero-order chi connectivity index (χ0) is 12.9. The molecule has 4 heteroatoms. The fourth-order valence-electron chi connectivity index (χ4n) is 2.29. The van der Waals surface area contributed by atoms with E-state index >= 15 is 0 Å². The number of nitrogens with zero attached hydrogens (tertiary/aromatic N) is 2. The first kappa shape index (κ1) is 11.5. The Hall–Kier alpha value is -1.55. The van der Waals surface area contributed by atoms with Crippen molar-refractivity contribution in [3.05, 3.63) is 45.7 Å². The number of halogens is 1. The Balaban J connectivity index is 2.38. The Morgan fingerprint density at radius 3 is 2.44 bits per heavy atom. The van der Waals surface area contributed by atoms with Gasteiger partial charge in [0, 0.05) is 11.4 Å². The molecule has 0 unspecified atom stereocenters. The second kappa shape index (κ2) is 3.99. The molecular weight excluding hydrogens is 292 g/mol. The van der Waals surface area contributed by atoms with Crippen molar-refractivity contribution in [2.24, 2.45) is 0 Å². The largest absolute Gasteiger partial charge is 0.353 e. The number of fused-ring (bicyclic) bond motifs is 1. The minimum atomic E-state index is 0.795. The summed E-state index contributed by atoms with van der Waals surface area (Å²) >= 11 is 3.52. The van der Waals surface area contributed by atoms with Crippen molar-refractivity contribution in [1.82, 2.24) is 9.72 Å². The highest BCUT2D eigenvalue weighted by Gasteiger charge is 2.15. The minimum Gasteiger partial charge on any atom is -0.353 e. The van der Waals surface area contributed by atoms with Gasteiger partial charge in [-0.1, -0.05) is 5.16 Å². The van der Waals surface area contributed by atoms with Gasteiger partial charge in [-0.25, -0.2) is 0 Å². The molecule has 0 radical (unpaired) electrons. The molecule has 2 heterocycles. The van der Waals surface area contributed by atoms with Crippen molar-refractivity contribution in [1.29, 1.82) is 0 Å². The molecule has 0 aliphatic rings. The van der Waals surface area contributed by atoms with Gasteiger partial charge in [0.05, 0.1) is 9.86 Å². The van der Waals surface area contributed by atoms with Gasteiger partial charge < -0.3 is 4.52 Å². The van der Waals surface area contributed by atoms with Crippen LogP contribution in [-0.2, 0) is 0 Å². The highest BCUT2D eigenvalue weighted by atomic mass is 79.9. The van der Waals surface area contributed by atoms with E-state index in [1.54, 1.807) is 0 Å². The van der Waals surface area contributed by atoms with E-state index in [4.69, 9.17) is 4.52 Å². The second-order valence-electron chi connectivity index (χ2n) is 4.58. The Morgan fingerprint density at radius 1 is 1.11 bits per heavy atom. The average molecular weight is 305 g/mol. The Labute approximate surface area is 114 Å². The summed E-state index contributed by atoms with van der Waals surface area (Å²) in [6.45, 7) is 6.20. The summed E-state index contributed by atoms with van der Waals surface area (Å²) in [6.07, 6.45) is 0. The Bertz CT molecular complexity index is 720. The van der Waals surface area contributed by atoms with E-state index in [-0.39, 0.29) is 0 Å². The smallest absolute Gasteiger partial charge is 0.188 e. The number of hydrogen-bond acceptors (Lipinski definition) is 2. The fraction of sp³-hybridized carbons (Fsp3) is 0.214. The Morgan fingerprint density at radius 2 is 1.78 bits per heavy atom. The van der Waals surface area contributed by atoms with E-state index in [1.165, 1.54) is 5.56 Å². The predicted molar refractivity (Wildman–Crippen MR) is 75.2 cm³/mol. The fourth-order valence-corrected chi connectivity index (χ4v) is 2.94. The molecule has 3 nitrogen and oxygen atoms in total. The lowest BCUT2D eigenvalue weighted by atomic mass is 10.2. The summed E-state index contributed by atoms with van der Waals surface area (Å²) in [6, 6.07) is 8.30. The van der Waals surface area contributed by atoms with Crippen molar-refractivity contribution in [2.45, 2.75) is 20.8 Å². The van der Waals surface area contributed by atoms with Gasteiger partial charge >= 0.3 is 0 Å². The maximum atomic E-state index is 5.45. The molecule has 0 saturated carbocycles. The normalized spacial score (nSPS) is 11.3. The Kier molecular flexibility index (Phi) is 2.55. The summed E-state index contributed by atoms with van der Waals surface area (Å²) < 4.78 is 8.50. The van der Waals surface area contributed by atoms with Gasteiger partial charge in [-0.2, -0.15) is 0 Å². The lowest BCUT2D eigenvalue weighted by Gasteiger charge is -2.05. The quantitative estimate of drug-likeness (QED) is 0.671. The van der Waals surface area contributed by atoms with Gasteiger partial charge in [-0.3, -0.25) is 4.57 Å². The van der Waals surface area contributed by atoms with Gasteiger partial charge in [0.15, 0.2) is 11.4 Å². The van der Waals surface area contributed by atoms with Crippen LogP contribution in [0.4, 0.5) is 0 Å². The van der Waals surface area contributed by atoms with E-state index < -0.39 is 0 Å². The van der Waals surface area contributed by atoms with Crippen LogP contribution in [0.1, 0.15) is 17.0 Å². The number of hydrogen-bond donors (Lipinski definition) is 0. The van der Waals surface area contributed by atoms with Gasteiger partial charge in [-0.05, 0) is 66.5 Å². The monoisotopic (exact) mass is 304 g/mol. The third kappa shape index (κ3) is 1.60. The highest BCUT2D eigenvalue weighted by molar-refractivity contribution is 9.10. The highest BCUT2D eigenvalue weighted by Crippen LogP contribution is 2.31. The van der Waals surface area contributed by atoms with Gasteiger partial charge in [-0.15, -0.1) is 0 Å². The molecule has 0 aliphatic heterocycles. The van der Waals surface area contributed by atoms with Crippen LogP contribution in [0, 0.1) is 20.8 Å². The van der Waals surface area contributed by atoms with Crippen molar-refractivity contribution in [3.8, 4) is 5.82 Å². The first-order valence-corrected chi connectivity index (χ1v) is 6.58. The molecule has 0 bridgehead atoms. The molecule has 18 heavy (non-hydrogen) atoms. The van der Waals surface area contributed by atoms with Crippen LogP contribution < -0.4 is 0 Å². The summed E-state index contributed by atoms with van der Waals surface area (Å²) in [5.74, 6) is 0.856. The van der Waals surface area contributed by atoms with Gasteiger partial charge in [0.2, 0.25) is 0 Å². The van der Waals surface area contributed by atoms with Gasteiger partial charge in [0.1, 0.15) is 0 Å². The topological polar surface area (TPSA) is 31.0 Å². The lowest BCUT2D eigenvalue weighted by Crippen LogP contribution is -1.99. The van der Waals surface area contributed by atoms with E-state index in [0.29, 0.717) is 0 Å². The first-order valence-electron chi connectivity index (χ1n) is 5.79. The zero-order valence-electron chi connectivity index (χ0n) is 10.5. The van der Waals surface area contributed by atoms with Gasteiger partial charge in [0.25, 0.3) is 0 Å². The van der Waals surface area contributed by atoms with Crippen molar-refractivity contribution >= 4 is 26.9 Å². The first-order chi connectivity index (χ1) is 8.58. The summed E-state index contributed by atoms with van der Waals surface area (Å²) in [4.78, 5) is 0. The average Bonchev–Trinajstić information content (AvgIpc) is 2.83.